The second-order valence-corrected chi connectivity index (χ2v) is 4.29. The summed E-state index contributed by atoms with van der Waals surface area (Å²) < 4.78 is 0. The molecule has 0 fully saturated rings. The minimum atomic E-state index is 0.00102. The van der Waals surface area contributed by atoms with Crippen molar-refractivity contribution in [1.29, 1.82) is 0 Å². The maximum atomic E-state index is 6.14. The van der Waals surface area contributed by atoms with Gasteiger partial charge >= 0.3 is 0 Å². The molecule has 2 aromatic carbocycles. The van der Waals surface area contributed by atoms with Crippen LogP contribution in [-0.4, -0.2) is 0 Å². The van der Waals surface area contributed by atoms with E-state index in [1.54, 1.807) is 0 Å². The monoisotopic (exact) mass is 231 g/mol. The lowest BCUT2D eigenvalue weighted by Gasteiger charge is -2.12. The summed E-state index contributed by atoms with van der Waals surface area (Å²) in [6, 6.07) is 18.0. The van der Waals surface area contributed by atoms with Crippen LogP contribution in [0.3, 0.4) is 0 Å². The van der Waals surface area contributed by atoms with E-state index in [0.717, 1.165) is 17.0 Å². The highest BCUT2D eigenvalue weighted by Gasteiger charge is 2.06. The summed E-state index contributed by atoms with van der Waals surface area (Å²) in [4.78, 5) is 0. The van der Waals surface area contributed by atoms with Crippen LogP contribution in [0.1, 0.15) is 17.2 Å². The Morgan fingerprint density at radius 2 is 1.75 bits per heavy atom. The van der Waals surface area contributed by atoms with Crippen LogP contribution in [0.15, 0.2) is 54.6 Å². The molecule has 82 valence electrons. The fourth-order valence-corrected chi connectivity index (χ4v) is 1.92. The molecule has 0 aliphatic rings. The van der Waals surface area contributed by atoms with Gasteiger partial charge in [-0.1, -0.05) is 54.1 Å². The minimum Gasteiger partial charge on any atom is -0.324 e. The number of hydrogen-bond acceptors (Lipinski definition) is 1. The van der Waals surface area contributed by atoms with Crippen LogP contribution >= 0.6 is 11.6 Å². The van der Waals surface area contributed by atoms with Crippen LogP contribution in [0, 0.1) is 0 Å². The molecule has 2 aromatic rings. The predicted molar refractivity (Wildman–Crippen MR) is 68.5 cm³/mol. The Balaban J connectivity index is 2.12. The number of nitrogens with two attached hydrogens (primary N) is 1. The lowest BCUT2D eigenvalue weighted by atomic mass is 10.00. The smallest absolute Gasteiger partial charge is 0.0409 e. The van der Waals surface area contributed by atoms with Gasteiger partial charge in [-0.3, -0.25) is 0 Å². The average Bonchev–Trinajstić information content (AvgIpc) is 2.30. The molecular formula is C14H14ClN. The van der Waals surface area contributed by atoms with Gasteiger partial charge in [-0.15, -0.1) is 0 Å². The Bertz CT molecular complexity index is 453. The van der Waals surface area contributed by atoms with Crippen molar-refractivity contribution in [2.75, 3.05) is 0 Å². The van der Waals surface area contributed by atoms with Gasteiger partial charge in [0.1, 0.15) is 0 Å². The van der Waals surface area contributed by atoms with E-state index < -0.39 is 0 Å². The molecule has 0 bridgehead atoms. The zero-order valence-corrected chi connectivity index (χ0v) is 9.69. The van der Waals surface area contributed by atoms with Gasteiger partial charge in [-0.05, 0) is 29.7 Å². The van der Waals surface area contributed by atoms with Crippen molar-refractivity contribution in [3.8, 4) is 0 Å². The Morgan fingerprint density at radius 3 is 2.44 bits per heavy atom. The van der Waals surface area contributed by atoms with Crippen LogP contribution < -0.4 is 5.73 Å². The molecular weight excluding hydrogens is 218 g/mol. The largest absolute Gasteiger partial charge is 0.324 e. The quantitative estimate of drug-likeness (QED) is 0.859. The highest BCUT2D eigenvalue weighted by atomic mass is 35.5. The van der Waals surface area contributed by atoms with Crippen molar-refractivity contribution >= 4 is 11.6 Å². The van der Waals surface area contributed by atoms with Gasteiger partial charge in [0.05, 0.1) is 0 Å². The first-order chi connectivity index (χ1) is 7.75. The van der Waals surface area contributed by atoms with Crippen LogP contribution in [0.2, 0.25) is 5.02 Å². The molecule has 0 heterocycles. The van der Waals surface area contributed by atoms with Crippen molar-refractivity contribution in [1.82, 2.24) is 0 Å². The highest BCUT2D eigenvalue weighted by Crippen LogP contribution is 2.19. The third-order valence-corrected chi connectivity index (χ3v) is 2.81. The van der Waals surface area contributed by atoms with Crippen LogP contribution in [0.25, 0.3) is 0 Å². The molecule has 2 N–H and O–H groups in total. The molecule has 2 rings (SSSR count). The number of benzene rings is 2. The third-order valence-electron chi connectivity index (χ3n) is 2.58. The normalized spacial score (nSPS) is 12.4. The molecule has 1 nitrogen and oxygen atoms in total. The van der Waals surface area contributed by atoms with Crippen molar-refractivity contribution in [2.24, 2.45) is 5.73 Å². The van der Waals surface area contributed by atoms with Gasteiger partial charge < -0.3 is 5.73 Å². The van der Waals surface area contributed by atoms with E-state index >= 15 is 0 Å². The summed E-state index contributed by atoms with van der Waals surface area (Å²) in [6.45, 7) is 0. The summed E-state index contributed by atoms with van der Waals surface area (Å²) >= 11 is 5.94. The fraction of sp³-hybridized carbons (Fsp3) is 0.143. The maximum absolute atomic E-state index is 6.14. The molecule has 0 aliphatic heterocycles. The topological polar surface area (TPSA) is 26.0 Å². The van der Waals surface area contributed by atoms with E-state index in [-0.39, 0.29) is 6.04 Å². The summed E-state index contributed by atoms with van der Waals surface area (Å²) in [5, 5.41) is 0.737. The summed E-state index contributed by atoms with van der Waals surface area (Å²) in [6.07, 6.45) is 0.835. The van der Waals surface area contributed by atoms with Crippen LogP contribution in [0.4, 0.5) is 0 Å². The predicted octanol–water partition coefficient (Wildman–Crippen LogP) is 3.58. The number of rotatable bonds is 3. The average molecular weight is 232 g/mol. The SMILES string of the molecule is N[C@H](Cc1ccccc1)c1cccc(Cl)c1. The van der Waals surface area contributed by atoms with Crippen molar-refractivity contribution in [3.05, 3.63) is 70.7 Å². The summed E-state index contributed by atoms with van der Waals surface area (Å²) in [7, 11) is 0. The Hall–Kier alpha value is -1.31. The van der Waals surface area contributed by atoms with Crippen molar-refractivity contribution < 1.29 is 0 Å². The zero-order valence-electron chi connectivity index (χ0n) is 8.94. The molecule has 0 saturated carbocycles. The molecule has 2 heteroatoms. The van der Waals surface area contributed by atoms with Crippen molar-refractivity contribution in [3.63, 3.8) is 0 Å². The van der Waals surface area contributed by atoms with E-state index in [2.05, 4.69) is 12.1 Å². The highest BCUT2D eigenvalue weighted by molar-refractivity contribution is 6.30. The Kier molecular flexibility index (Phi) is 3.60. The second-order valence-electron chi connectivity index (χ2n) is 3.85. The third kappa shape index (κ3) is 2.84. The van der Waals surface area contributed by atoms with Crippen LogP contribution in [-0.2, 0) is 6.42 Å². The summed E-state index contributed by atoms with van der Waals surface area (Å²) in [5.41, 5.74) is 8.46. The summed E-state index contributed by atoms with van der Waals surface area (Å²) in [5.74, 6) is 0. The second kappa shape index (κ2) is 5.15. The van der Waals surface area contributed by atoms with Gasteiger partial charge in [0.2, 0.25) is 0 Å². The standard InChI is InChI=1S/C14H14ClN/c15-13-8-4-7-12(10-13)14(16)9-11-5-2-1-3-6-11/h1-8,10,14H,9,16H2/t14-/m1/s1. The van der Waals surface area contributed by atoms with Gasteiger partial charge in [0, 0.05) is 11.1 Å². The van der Waals surface area contributed by atoms with Gasteiger partial charge in [0.15, 0.2) is 0 Å². The lowest BCUT2D eigenvalue weighted by molar-refractivity contribution is 0.722. The lowest BCUT2D eigenvalue weighted by Crippen LogP contribution is -2.13. The van der Waals surface area contributed by atoms with E-state index in [4.69, 9.17) is 17.3 Å². The van der Waals surface area contributed by atoms with Crippen LogP contribution in [0.5, 0.6) is 0 Å². The van der Waals surface area contributed by atoms with E-state index in [1.165, 1.54) is 5.56 Å². The molecule has 0 aliphatic carbocycles. The zero-order chi connectivity index (χ0) is 11.4. The molecule has 16 heavy (non-hydrogen) atoms. The fourth-order valence-electron chi connectivity index (χ4n) is 1.72. The van der Waals surface area contributed by atoms with E-state index in [9.17, 15) is 0 Å². The Morgan fingerprint density at radius 1 is 1.00 bits per heavy atom. The molecule has 0 aromatic heterocycles. The maximum Gasteiger partial charge on any atom is 0.0409 e. The van der Waals surface area contributed by atoms with Crippen molar-refractivity contribution in [2.45, 2.75) is 12.5 Å². The van der Waals surface area contributed by atoms with Gasteiger partial charge in [-0.25, -0.2) is 0 Å². The first-order valence-electron chi connectivity index (χ1n) is 5.30. The first kappa shape index (κ1) is 11.2. The number of hydrogen-bond donors (Lipinski definition) is 1. The van der Waals surface area contributed by atoms with Gasteiger partial charge in [0.25, 0.3) is 0 Å². The molecule has 1 atom stereocenters. The number of halogens is 1. The molecule has 0 amide bonds. The van der Waals surface area contributed by atoms with E-state index in [0.29, 0.717) is 0 Å². The Labute approximate surface area is 101 Å². The molecule has 0 unspecified atom stereocenters. The minimum absolute atomic E-state index is 0.00102. The molecule has 0 radical (unpaired) electrons. The molecule has 0 spiro atoms. The van der Waals surface area contributed by atoms with E-state index in [1.807, 2.05) is 42.5 Å². The van der Waals surface area contributed by atoms with Gasteiger partial charge in [-0.2, -0.15) is 0 Å². The first-order valence-corrected chi connectivity index (χ1v) is 5.68. The molecule has 0 saturated heterocycles.